The molecule has 0 bridgehead atoms. The van der Waals surface area contributed by atoms with Crippen molar-refractivity contribution >= 4 is 11.9 Å². The monoisotopic (exact) mass is 378 g/mol. The van der Waals surface area contributed by atoms with Crippen molar-refractivity contribution in [1.29, 1.82) is 0 Å². The lowest BCUT2D eigenvalue weighted by atomic mass is 9.73. The minimum Gasteiger partial charge on any atom is -0.507 e. The fraction of sp³-hybridized carbons (Fsp3) is 0.636. The van der Waals surface area contributed by atoms with E-state index in [0.29, 0.717) is 24.0 Å². The molecule has 0 aromatic heterocycles. The average Bonchev–Trinajstić information content (AvgIpc) is 2.49. The minimum atomic E-state index is -1.95. The van der Waals surface area contributed by atoms with E-state index < -0.39 is 17.4 Å². The second-order valence-corrected chi connectivity index (χ2v) is 9.50. The molecule has 1 rings (SSSR count). The molecule has 0 spiro atoms. The van der Waals surface area contributed by atoms with Crippen molar-refractivity contribution in [2.45, 2.75) is 85.0 Å². The van der Waals surface area contributed by atoms with Crippen LogP contribution >= 0.6 is 0 Å². The molecule has 3 N–H and O–H groups in total. The zero-order valence-corrected chi connectivity index (χ0v) is 17.6. The van der Waals surface area contributed by atoms with Crippen molar-refractivity contribution in [2.75, 3.05) is 0 Å². The number of aromatic hydroxyl groups is 1. The van der Waals surface area contributed by atoms with E-state index in [-0.39, 0.29) is 29.4 Å². The predicted molar refractivity (Wildman–Crippen MR) is 106 cm³/mol. The number of rotatable bonds is 7. The summed E-state index contributed by atoms with van der Waals surface area (Å²) in [6, 6.07) is 3.70. The van der Waals surface area contributed by atoms with Gasteiger partial charge in [-0.15, -0.1) is 0 Å². The van der Waals surface area contributed by atoms with Gasteiger partial charge in [0, 0.05) is 6.42 Å². The Morgan fingerprint density at radius 3 is 1.81 bits per heavy atom. The van der Waals surface area contributed by atoms with Crippen molar-refractivity contribution in [1.82, 2.24) is 0 Å². The van der Waals surface area contributed by atoms with Crippen molar-refractivity contribution in [3.05, 3.63) is 28.8 Å². The molecule has 0 saturated heterocycles. The lowest BCUT2D eigenvalue weighted by molar-refractivity contribution is -0.165. The molecule has 152 valence electrons. The van der Waals surface area contributed by atoms with Crippen molar-refractivity contribution in [3.8, 4) is 5.75 Å². The molecule has 1 aromatic carbocycles. The SMILES string of the molecule is CCCCC(Cc1cc(C(C)(C)C)cc(C(C)(C)C)c1O)(C(=O)O)C(=O)O. The second kappa shape index (κ2) is 7.91. The molecule has 5 heteroatoms. The van der Waals surface area contributed by atoms with Gasteiger partial charge in [0.05, 0.1) is 0 Å². The summed E-state index contributed by atoms with van der Waals surface area (Å²) >= 11 is 0. The Kier molecular flexibility index (Phi) is 6.74. The Morgan fingerprint density at radius 2 is 1.44 bits per heavy atom. The number of benzene rings is 1. The first-order valence-corrected chi connectivity index (χ1v) is 9.50. The third kappa shape index (κ3) is 5.02. The topological polar surface area (TPSA) is 94.8 Å². The van der Waals surface area contributed by atoms with E-state index in [1.807, 2.05) is 54.5 Å². The van der Waals surface area contributed by atoms with Gasteiger partial charge in [-0.05, 0) is 33.9 Å². The van der Waals surface area contributed by atoms with Gasteiger partial charge in [0.15, 0.2) is 5.41 Å². The second-order valence-electron chi connectivity index (χ2n) is 9.50. The summed E-state index contributed by atoms with van der Waals surface area (Å²) in [7, 11) is 0. The summed E-state index contributed by atoms with van der Waals surface area (Å²) in [5.74, 6) is -2.72. The van der Waals surface area contributed by atoms with Gasteiger partial charge in [0.2, 0.25) is 0 Å². The van der Waals surface area contributed by atoms with E-state index in [1.54, 1.807) is 6.07 Å². The number of hydrogen-bond donors (Lipinski definition) is 3. The first kappa shape index (κ1) is 23.0. The molecule has 0 aliphatic carbocycles. The maximum Gasteiger partial charge on any atom is 0.321 e. The highest BCUT2D eigenvalue weighted by molar-refractivity contribution is 5.98. The van der Waals surface area contributed by atoms with Gasteiger partial charge in [-0.3, -0.25) is 9.59 Å². The molecular formula is C22H34O5. The van der Waals surface area contributed by atoms with Gasteiger partial charge >= 0.3 is 11.9 Å². The van der Waals surface area contributed by atoms with Gasteiger partial charge in [0.25, 0.3) is 0 Å². The standard InChI is InChI=1S/C22H34O5/c1-8-9-10-22(18(24)25,19(26)27)13-14-11-15(20(2,3)4)12-16(17(14)23)21(5,6)7/h11-12,23H,8-10,13H2,1-7H3,(H,24,25)(H,26,27). The first-order chi connectivity index (χ1) is 12.2. The Morgan fingerprint density at radius 1 is 0.926 bits per heavy atom. The molecule has 0 saturated carbocycles. The quantitative estimate of drug-likeness (QED) is 0.588. The molecule has 0 radical (unpaired) electrons. The van der Waals surface area contributed by atoms with Crippen LogP contribution < -0.4 is 0 Å². The third-order valence-electron chi connectivity index (χ3n) is 5.13. The molecule has 0 atom stereocenters. The minimum absolute atomic E-state index is 0.00104. The van der Waals surface area contributed by atoms with E-state index in [0.717, 1.165) is 5.56 Å². The number of carbonyl (C=O) groups is 2. The number of carboxylic acid groups (broad SMARTS) is 2. The van der Waals surface area contributed by atoms with Crippen LogP contribution in [0.15, 0.2) is 12.1 Å². The molecule has 0 heterocycles. The molecule has 27 heavy (non-hydrogen) atoms. The van der Waals surface area contributed by atoms with E-state index >= 15 is 0 Å². The highest BCUT2D eigenvalue weighted by Gasteiger charge is 2.47. The molecule has 0 aliphatic heterocycles. The smallest absolute Gasteiger partial charge is 0.321 e. The van der Waals surface area contributed by atoms with Crippen molar-refractivity contribution in [2.24, 2.45) is 5.41 Å². The number of phenols is 1. The fourth-order valence-corrected chi connectivity index (χ4v) is 3.18. The molecular weight excluding hydrogens is 344 g/mol. The average molecular weight is 379 g/mol. The predicted octanol–water partition coefficient (Wildman–Crippen LogP) is 4.88. The van der Waals surface area contributed by atoms with Crippen LogP contribution in [0.2, 0.25) is 0 Å². The van der Waals surface area contributed by atoms with E-state index in [9.17, 15) is 24.9 Å². The van der Waals surface area contributed by atoms with Crippen LogP contribution in [-0.4, -0.2) is 27.3 Å². The molecule has 1 aromatic rings. The maximum atomic E-state index is 12.0. The fourth-order valence-electron chi connectivity index (χ4n) is 3.18. The van der Waals surface area contributed by atoms with Crippen LogP contribution in [0.5, 0.6) is 5.75 Å². The lowest BCUT2D eigenvalue weighted by Crippen LogP contribution is -2.41. The van der Waals surface area contributed by atoms with Crippen LogP contribution in [0.3, 0.4) is 0 Å². The van der Waals surface area contributed by atoms with Gasteiger partial charge in [-0.25, -0.2) is 0 Å². The highest BCUT2D eigenvalue weighted by atomic mass is 16.4. The van der Waals surface area contributed by atoms with Crippen molar-refractivity contribution in [3.63, 3.8) is 0 Å². The van der Waals surface area contributed by atoms with Gasteiger partial charge < -0.3 is 15.3 Å². The molecule has 0 amide bonds. The van der Waals surface area contributed by atoms with Crippen LogP contribution in [0, 0.1) is 5.41 Å². The molecule has 5 nitrogen and oxygen atoms in total. The van der Waals surface area contributed by atoms with E-state index in [2.05, 4.69) is 0 Å². The Hall–Kier alpha value is -2.04. The molecule has 0 aliphatic rings. The summed E-state index contributed by atoms with van der Waals surface area (Å²) in [6.45, 7) is 13.9. The first-order valence-electron chi connectivity index (χ1n) is 9.50. The number of hydrogen-bond acceptors (Lipinski definition) is 3. The summed E-state index contributed by atoms with van der Waals surface area (Å²) in [5, 5.41) is 30.4. The summed E-state index contributed by atoms with van der Waals surface area (Å²) in [5.41, 5.74) is -0.502. The summed E-state index contributed by atoms with van der Waals surface area (Å²) in [4.78, 5) is 24.0. The number of phenolic OH excluding ortho intramolecular Hbond substituents is 1. The van der Waals surface area contributed by atoms with E-state index in [1.165, 1.54) is 0 Å². The van der Waals surface area contributed by atoms with E-state index in [4.69, 9.17) is 0 Å². The lowest BCUT2D eigenvalue weighted by Gasteiger charge is -2.30. The third-order valence-corrected chi connectivity index (χ3v) is 5.13. The van der Waals surface area contributed by atoms with Crippen LogP contribution in [0.25, 0.3) is 0 Å². The summed E-state index contributed by atoms with van der Waals surface area (Å²) < 4.78 is 0. The van der Waals surface area contributed by atoms with Gasteiger partial charge in [-0.1, -0.05) is 73.4 Å². The largest absolute Gasteiger partial charge is 0.507 e. The number of unbranched alkanes of at least 4 members (excludes halogenated alkanes) is 1. The van der Waals surface area contributed by atoms with Crippen LogP contribution in [0.1, 0.15) is 84.4 Å². The Bertz CT molecular complexity index is 691. The van der Waals surface area contributed by atoms with Crippen LogP contribution in [0.4, 0.5) is 0 Å². The number of carboxylic acids is 2. The van der Waals surface area contributed by atoms with Crippen molar-refractivity contribution < 1.29 is 24.9 Å². The maximum absolute atomic E-state index is 12.0. The Labute approximate surface area is 162 Å². The molecule has 0 fully saturated rings. The normalized spacial score (nSPS) is 12.9. The number of aliphatic carboxylic acids is 2. The zero-order valence-electron chi connectivity index (χ0n) is 17.6. The summed E-state index contributed by atoms with van der Waals surface area (Å²) in [6.07, 6.45) is 0.975. The van der Waals surface area contributed by atoms with Gasteiger partial charge in [-0.2, -0.15) is 0 Å². The zero-order chi connectivity index (χ0) is 21.2. The molecule has 0 unspecified atom stereocenters. The Balaban J connectivity index is 3.67. The highest BCUT2D eigenvalue weighted by Crippen LogP contribution is 2.41. The van der Waals surface area contributed by atoms with Crippen LogP contribution in [-0.2, 0) is 26.8 Å². The van der Waals surface area contributed by atoms with Gasteiger partial charge in [0.1, 0.15) is 5.75 Å².